The fourth-order valence-electron chi connectivity index (χ4n) is 1.63. The highest BCUT2D eigenvalue weighted by Gasteiger charge is 2.12. The van der Waals surface area contributed by atoms with Crippen molar-refractivity contribution >= 4 is 48.9 Å². The zero-order chi connectivity index (χ0) is 15.4. The molecule has 1 aromatic heterocycles. The third-order valence-corrected chi connectivity index (χ3v) is 5.81. The largest absolute Gasteiger partial charge is 0.497 e. The molecule has 0 spiro atoms. The number of hydrogen-bond donors (Lipinski definition) is 1. The number of anilines is 1. The smallest absolute Gasteiger partial charge is 0.387 e. The summed E-state index contributed by atoms with van der Waals surface area (Å²) in [6.07, 6.45) is 0. The predicted octanol–water partition coefficient (Wildman–Crippen LogP) is 5.50. The van der Waals surface area contributed by atoms with Crippen molar-refractivity contribution in [3.63, 3.8) is 0 Å². The highest BCUT2D eigenvalue weighted by atomic mass is 79.9. The van der Waals surface area contributed by atoms with Crippen LogP contribution in [-0.4, -0.2) is 13.7 Å². The quantitative estimate of drug-likeness (QED) is 0.641. The van der Waals surface area contributed by atoms with Crippen LogP contribution >= 0.6 is 43.2 Å². The standard InChI is InChI=1S/C13H11Br2F2NO2S/c1-19-7-2-3-11(20-13(16)17)10(4-7)18-6-8-5-9(14)12(15)21-8/h2-5,13,18H,6H2,1H3. The summed E-state index contributed by atoms with van der Waals surface area (Å²) >= 11 is 8.37. The van der Waals surface area contributed by atoms with Crippen LogP contribution in [0.2, 0.25) is 0 Å². The molecule has 114 valence electrons. The second kappa shape index (κ2) is 7.42. The van der Waals surface area contributed by atoms with Crippen LogP contribution in [-0.2, 0) is 6.54 Å². The van der Waals surface area contributed by atoms with E-state index in [0.29, 0.717) is 18.0 Å². The maximum Gasteiger partial charge on any atom is 0.387 e. The van der Waals surface area contributed by atoms with E-state index >= 15 is 0 Å². The molecule has 0 unspecified atom stereocenters. The summed E-state index contributed by atoms with van der Waals surface area (Å²) in [6, 6.07) is 6.60. The van der Waals surface area contributed by atoms with E-state index in [9.17, 15) is 8.78 Å². The molecule has 2 aromatic rings. The van der Waals surface area contributed by atoms with Crippen molar-refractivity contribution in [2.75, 3.05) is 12.4 Å². The molecule has 0 aliphatic rings. The van der Waals surface area contributed by atoms with E-state index in [1.54, 1.807) is 23.5 Å². The number of halogens is 4. The van der Waals surface area contributed by atoms with Crippen LogP contribution in [0, 0.1) is 0 Å². The molecule has 1 heterocycles. The Morgan fingerprint density at radius 1 is 1.29 bits per heavy atom. The average Bonchev–Trinajstić information content (AvgIpc) is 2.76. The molecule has 0 saturated heterocycles. The van der Waals surface area contributed by atoms with Gasteiger partial charge in [0.25, 0.3) is 0 Å². The van der Waals surface area contributed by atoms with Crippen LogP contribution in [0.3, 0.4) is 0 Å². The Kier molecular flexibility index (Phi) is 5.83. The first-order chi connectivity index (χ1) is 9.99. The zero-order valence-corrected chi connectivity index (χ0v) is 14.8. The van der Waals surface area contributed by atoms with Gasteiger partial charge in [0.15, 0.2) is 0 Å². The summed E-state index contributed by atoms with van der Waals surface area (Å²) in [5, 5.41) is 3.08. The van der Waals surface area contributed by atoms with E-state index < -0.39 is 6.61 Å². The van der Waals surface area contributed by atoms with Gasteiger partial charge in [-0.3, -0.25) is 0 Å². The van der Waals surface area contributed by atoms with Crippen LogP contribution in [0.15, 0.2) is 32.5 Å². The third-order valence-electron chi connectivity index (χ3n) is 2.55. The summed E-state index contributed by atoms with van der Waals surface area (Å²) in [5.74, 6) is 0.646. The molecule has 0 fully saturated rings. The van der Waals surface area contributed by atoms with Crippen molar-refractivity contribution < 1.29 is 18.3 Å². The number of rotatable bonds is 6. The van der Waals surface area contributed by atoms with Crippen molar-refractivity contribution in [1.29, 1.82) is 0 Å². The van der Waals surface area contributed by atoms with E-state index in [-0.39, 0.29) is 5.75 Å². The molecule has 0 amide bonds. The lowest BCUT2D eigenvalue weighted by molar-refractivity contribution is -0.0493. The molecule has 0 bridgehead atoms. The van der Waals surface area contributed by atoms with Crippen LogP contribution in [0.25, 0.3) is 0 Å². The SMILES string of the molecule is COc1ccc(OC(F)F)c(NCc2cc(Br)c(Br)s2)c1. The Morgan fingerprint density at radius 3 is 2.62 bits per heavy atom. The van der Waals surface area contributed by atoms with Gasteiger partial charge in [0.05, 0.1) is 16.6 Å². The highest BCUT2D eigenvalue weighted by Crippen LogP contribution is 2.34. The average molecular weight is 443 g/mol. The van der Waals surface area contributed by atoms with E-state index in [2.05, 4.69) is 41.9 Å². The van der Waals surface area contributed by atoms with Crippen molar-refractivity contribution in [3.05, 3.63) is 37.4 Å². The molecule has 21 heavy (non-hydrogen) atoms. The first kappa shape index (κ1) is 16.5. The summed E-state index contributed by atoms with van der Waals surface area (Å²) in [4.78, 5) is 1.04. The number of alkyl halides is 2. The van der Waals surface area contributed by atoms with Crippen LogP contribution in [0.4, 0.5) is 14.5 Å². The Morgan fingerprint density at radius 2 is 2.05 bits per heavy atom. The van der Waals surface area contributed by atoms with Crippen molar-refractivity contribution in [1.82, 2.24) is 0 Å². The lowest BCUT2D eigenvalue weighted by Crippen LogP contribution is -2.06. The Hall–Kier alpha value is -0.860. The second-order valence-electron chi connectivity index (χ2n) is 3.93. The molecule has 2 rings (SSSR count). The Labute approximate surface area is 141 Å². The van der Waals surface area contributed by atoms with Crippen LogP contribution < -0.4 is 14.8 Å². The number of ether oxygens (including phenoxy) is 2. The monoisotopic (exact) mass is 441 g/mol. The van der Waals surface area contributed by atoms with E-state index in [1.807, 2.05) is 6.07 Å². The van der Waals surface area contributed by atoms with Crippen molar-refractivity contribution in [2.24, 2.45) is 0 Å². The third kappa shape index (κ3) is 4.55. The van der Waals surface area contributed by atoms with Gasteiger partial charge in [-0.2, -0.15) is 8.78 Å². The lowest BCUT2D eigenvalue weighted by atomic mass is 10.2. The summed E-state index contributed by atoms with van der Waals surface area (Å²) < 4.78 is 36.3. The topological polar surface area (TPSA) is 30.5 Å². The van der Waals surface area contributed by atoms with Crippen LogP contribution in [0.5, 0.6) is 11.5 Å². The highest BCUT2D eigenvalue weighted by molar-refractivity contribution is 9.13. The first-order valence-electron chi connectivity index (χ1n) is 5.80. The molecule has 3 nitrogen and oxygen atoms in total. The number of thiophene rings is 1. The van der Waals surface area contributed by atoms with Gasteiger partial charge >= 0.3 is 6.61 Å². The van der Waals surface area contributed by atoms with Gasteiger partial charge in [-0.15, -0.1) is 11.3 Å². The molecule has 0 radical (unpaired) electrons. The number of methoxy groups -OCH3 is 1. The zero-order valence-electron chi connectivity index (χ0n) is 10.8. The van der Waals surface area contributed by atoms with Gasteiger partial charge in [-0.1, -0.05) is 0 Å². The maximum absolute atomic E-state index is 12.4. The van der Waals surface area contributed by atoms with Crippen LogP contribution in [0.1, 0.15) is 4.88 Å². The maximum atomic E-state index is 12.4. The van der Waals surface area contributed by atoms with Gasteiger partial charge in [0, 0.05) is 22.0 Å². The van der Waals surface area contributed by atoms with E-state index in [4.69, 9.17) is 4.74 Å². The molecule has 0 saturated carbocycles. The molecule has 1 N–H and O–H groups in total. The minimum atomic E-state index is -2.87. The molecular formula is C13H11Br2F2NO2S. The summed E-state index contributed by atoms with van der Waals surface area (Å²) in [7, 11) is 1.51. The van der Waals surface area contributed by atoms with Crippen molar-refractivity contribution in [2.45, 2.75) is 13.2 Å². The summed E-state index contributed by atoms with van der Waals surface area (Å²) in [6.45, 7) is -2.38. The first-order valence-corrected chi connectivity index (χ1v) is 8.20. The normalized spacial score (nSPS) is 10.8. The van der Waals surface area contributed by atoms with Gasteiger partial charge in [-0.05, 0) is 50.1 Å². The Bertz CT molecular complexity index is 603. The van der Waals surface area contributed by atoms with Gasteiger partial charge in [0.2, 0.25) is 0 Å². The predicted molar refractivity (Wildman–Crippen MR) is 86.7 cm³/mol. The minimum Gasteiger partial charge on any atom is -0.497 e. The molecule has 0 atom stereocenters. The minimum absolute atomic E-state index is 0.0838. The fraction of sp³-hybridized carbons (Fsp3) is 0.231. The molecule has 1 aromatic carbocycles. The van der Waals surface area contributed by atoms with E-state index in [0.717, 1.165) is 13.1 Å². The van der Waals surface area contributed by atoms with E-state index in [1.165, 1.54) is 13.2 Å². The lowest BCUT2D eigenvalue weighted by Gasteiger charge is -2.13. The number of benzene rings is 1. The molecule has 8 heteroatoms. The summed E-state index contributed by atoms with van der Waals surface area (Å²) in [5.41, 5.74) is 0.454. The molecule has 0 aliphatic heterocycles. The van der Waals surface area contributed by atoms with Gasteiger partial charge < -0.3 is 14.8 Å². The second-order valence-corrected chi connectivity index (χ2v) is 7.24. The molecular weight excluding hydrogens is 432 g/mol. The number of nitrogens with one attached hydrogen (secondary N) is 1. The number of hydrogen-bond acceptors (Lipinski definition) is 4. The molecule has 0 aliphatic carbocycles. The Balaban J connectivity index is 2.16. The van der Waals surface area contributed by atoms with Gasteiger partial charge in [0.1, 0.15) is 11.5 Å². The van der Waals surface area contributed by atoms with Crippen molar-refractivity contribution in [3.8, 4) is 11.5 Å². The fourth-order valence-corrected chi connectivity index (χ4v) is 3.75. The van der Waals surface area contributed by atoms with Gasteiger partial charge in [-0.25, -0.2) is 0 Å².